The Bertz CT molecular complexity index is 114. The molecule has 0 aliphatic carbocycles. The molecular formula is C17H37BO. The summed E-state index contributed by atoms with van der Waals surface area (Å²) in [5.41, 5.74) is 0. The van der Waals surface area contributed by atoms with Gasteiger partial charge in [-0.2, -0.15) is 0 Å². The first-order chi connectivity index (χ1) is 9.41. The maximum atomic E-state index is 5.65. The SMILES string of the molecule is CCCCCCCCOCCCCCCCC.[B]C. The van der Waals surface area contributed by atoms with Crippen LogP contribution in [0.1, 0.15) is 90.9 Å². The van der Waals surface area contributed by atoms with E-state index in [1.54, 1.807) is 0 Å². The Morgan fingerprint density at radius 2 is 0.842 bits per heavy atom. The lowest BCUT2D eigenvalue weighted by Crippen LogP contribution is -1.97. The zero-order chi connectivity index (χ0) is 14.6. The summed E-state index contributed by atoms with van der Waals surface area (Å²) in [7, 11) is 4.50. The lowest BCUT2D eigenvalue weighted by atomic mass is 10.1. The van der Waals surface area contributed by atoms with E-state index in [9.17, 15) is 0 Å². The van der Waals surface area contributed by atoms with Gasteiger partial charge in [0.2, 0.25) is 0 Å². The molecule has 0 unspecified atom stereocenters. The molecule has 0 aromatic carbocycles. The van der Waals surface area contributed by atoms with E-state index in [0.29, 0.717) is 0 Å². The molecule has 0 atom stereocenters. The van der Waals surface area contributed by atoms with Crippen molar-refractivity contribution in [2.75, 3.05) is 13.2 Å². The number of ether oxygens (including phenoxy) is 1. The largest absolute Gasteiger partial charge is 0.381 e. The molecule has 0 heterocycles. The first kappa shape index (κ1) is 21.3. The van der Waals surface area contributed by atoms with Gasteiger partial charge in [-0.05, 0) is 12.8 Å². The van der Waals surface area contributed by atoms with Crippen LogP contribution in [0.2, 0.25) is 6.82 Å². The summed E-state index contributed by atoms with van der Waals surface area (Å²) in [6.45, 7) is 8.01. The van der Waals surface area contributed by atoms with Crippen molar-refractivity contribution in [2.24, 2.45) is 0 Å². The van der Waals surface area contributed by atoms with Gasteiger partial charge in [-0.3, -0.25) is 0 Å². The smallest absolute Gasteiger partial charge is 0.0606 e. The predicted molar refractivity (Wildman–Crippen MR) is 89.2 cm³/mol. The van der Waals surface area contributed by atoms with Crippen molar-refractivity contribution >= 4 is 7.85 Å². The van der Waals surface area contributed by atoms with Crippen LogP contribution >= 0.6 is 0 Å². The highest BCUT2D eigenvalue weighted by molar-refractivity contribution is 6.05. The number of hydrogen-bond acceptors (Lipinski definition) is 1. The van der Waals surface area contributed by atoms with E-state index in [-0.39, 0.29) is 0 Å². The van der Waals surface area contributed by atoms with Crippen molar-refractivity contribution in [1.82, 2.24) is 0 Å². The Hall–Kier alpha value is 0.0249. The fraction of sp³-hybridized carbons (Fsp3) is 1.00. The average Bonchev–Trinajstić information content (AvgIpc) is 2.46. The topological polar surface area (TPSA) is 9.23 Å². The van der Waals surface area contributed by atoms with E-state index >= 15 is 0 Å². The monoisotopic (exact) mass is 268 g/mol. The van der Waals surface area contributed by atoms with Crippen LogP contribution in [-0.4, -0.2) is 21.1 Å². The fourth-order valence-electron chi connectivity index (χ4n) is 2.07. The quantitative estimate of drug-likeness (QED) is 0.280. The average molecular weight is 268 g/mol. The fourth-order valence-corrected chi connectivity index (χ4v) is 2.07. The molecule has 19 heavy (non-hydrogen) atoms. The van der Waals surface area contributed by atoms with Gasteiger partial charge in [-0.25, -0.2) is 0 Å². The highest BCUT2D eigenvalue weighted by Crippen LogP contribution is 2.06. The van der Waals surface area contributed by atoms with Crippen LogP contribution in [0.25, 0.3) is 0 Å². The molecular weight excluding hydrogens is 231 g/mol. The zero-order valence-electron chi connectivity index (χ0n) is 13.9. The van der Waals surface area contributed by atoms with Crippen LogP contribution in [0.5, 0.6) is 0 Å². The van der Waals surface area contributed by atoms with Gasteiger partial charge in [0.05, 0.1) is 7.85 Å². The molecule has 0 aromatic heterocycles. The highest BCUT2D eigenvalue weighted by Gasteiger charge is 1.92. The molecule has 0 N–H and O–H groups in total. The number of hydrogen-bond donors (Lipinski definition) is 0. The molecule has 0 saturated heterocycles. The first-order valence-corrected chi connectivity index (χ1v) is 8.57. The van der Waals surface area contributed by atoms with Gasteiger partial charge in [-0.1, -0.05) is 84.9 Å². The molecule has 0 aromatic rings. The standard InChI is InChI=1S/C16H34O.CH3B/c1-3-5-7-9-11-13-15-17-16-14-12-10-8-6-4-2;1-2/h3-16H2,1-2H3;1H3. The summed E-state index contributed by atoms with van der Waals surface area (Å²) >= 11 is 0. The maximum Gasteiger partial charge on any atom is 0.0606 e. The third-order valence-electron chi connectivity index (χ3n) is 3.28. The summed E-state index contributed by atoms with van der Waals surface area (Å²) in [5, 5.41) is 0. The minimum absolute atomic E-state index is 0.987. The molecule has 2 radical (unpaired) electrons. The lowest BCUT2D eigenvalue weighted by Gasteiger charge is -2.04. The second-order valence-corrected chi connectivity index (χ2v) is 5.15. The van der Waals surface area contributed by atoms with Crippen molar-refractivity contribution in [3.05, 3.63) is 0 Å². The third kappa shape index (κ3) is 23.5. The second kappa shape index (κ2) is 23.1. The molecule has 2 heteroatoms. The van der Waals surface area contributed by atoms with E-state index < -0.39 is 0 Å². The minimum atomic E-state index is 0.987. The van der Waals surface area contributed by atoms with Crippen molar-refractivity contribution in [3.63, 3.8) is 0 Å². The van der Waals surface area contributed by atoms with Gasteiger partial charge in [0, 0.05) is 13.2 Å². The Kier molecular flexibility index (Phi) is 26.0. The van der Waals surface area contributed by atoms with E-state index in [2.05, 4.69) is 21.7 Å². The molecule has 0 amide bonds. The summed E-state index contributed by atoms with van der Waals surface area (Å²) < 4.78 is 5.65. The van der Waals surface area contributed by atoms with E-state index in [0.717, 1.165) is 13.2 Å². The molecule has 114 valence electrons. The van der Waals surface area contributed by atoms with Crippen LogP contribution < -0.4 is 0 Å². The van der Waals surface area contributed by atoms with E-state index in [1.807, 2.05) is 0 Å². The van der Waals surface area contributed by atoms with Crippen molar-refractivity contribution < 1.29 is 4.74 Å². The van der Waals surface area contributed by atoms with Crippen LogP contribution in [0.15, 0.2) is 0 Å². The molecule has 0 aliphatic rings. The zero-order valence-corrected chi connectivity index (χ0v) is 13.9. The summed E-state index contributed by atoms with van der Waals surface area (Å²) in [6, 6.07) is 0. The Morgan fingerprint density at radius 3 is 1.21 bits per heavy atom. The molecule has 0 aliphatic heterocycles. The molecule has 0 saturated carbocycles. The molecule has 1 nitrogen and oxygen atoms in total. The van der Waals surface area contributed by atoms with Gasteiger partial charge >= 0.3 is 0 Å². The van der Waals surface area contributed by atoms with Gasteiger partial charge in [0.1, 0.15) is 0 Å². The van der Waals surface area contributed by atoms with Gasteiger partial charge in [0.15, 0.2) is 0 Å². The molecule has 0 rings (SSSR count). The van der Waals surface area contributed by atoms with Crippen molar-refractivity contribution in [1.29, 1.82) is 0 Å². The maximum absolute atomic E-state index is 5.65. The Balaban J connectivity index is 0. The minimum Gasteiger partial charge on any atom is -0.381 e. The van der Waals surface area contributed by atoms with Gasteiger partial charge in [0.25, 0.3) is 0 Å². The summed E-state index contributed by atoms with van der Waals surface area (Å²) in [6.07, 6.45) is 16.3. The van der Waals surface area contributed by atoms with Crippen LogP contribution in [0, 0.1) is 0 Å². The Morgan fingerprint density at radius 1 is 0.526 bits per heavy atom. The van der Waals surface area contributed by atoms with Gasteiger partial charge in [-0.15, -0.1) is 0 Å². The first-order valence-electron chi connectivity index (χ1n) is 8.57. The summed E-state index contributed by atoms with van der Waals surface area (Å²) in [4.78, 5) is 0. The van der Waals surface area contributed by atoms with Crippen LogP contribution in [0.4, 0.5) is 0 Å². The Labute approximate surface area is 124 Å². The highest BCUT2D eigenvalue weighted by atomic mass is 16.5. The number of rotatable bonds is 14. The second-order valence-electron chi connectivity index (χ2n) is 5.15. The summed E-state index contributed by atoms with van der Waals surface area (Å²) in [5.74, 6) is 0. The molecule has 0 fully saturated rings. The number of unbranched alkanes of at least 4 members (excludes halogenated alkanes) is 10. The molecule has 0 bridgehead atoms. The van der Waals surface area contributed by atoms with Crippen molar-refractivity contribution in [3.8, 4) is 0 Å². The predicted octanol–water partition coefficient (Wildman–Crippen LogP) is 5.93. The van der Waals surface area contributed by atoms with Crippen LogP contribution in [-0.2, 0) is 4.74 Å². The third-order valence-corrected chi connectivity index (χ3v) is 3.28. The van der Waals surface area contributed by atoms with E-state index in [1.165, 1.54) is 83.9 Å². The molecule has 0 spiro atoms. The normalized spacial score (nSPS) is 10.1. The lowest BCUT2D eigenvalue weighted by molar-refractivity contribution is 0.125. The van der Waals surface area contributed by atoms with E-state index in [4.69, 9.17) is 4.74 Å². The van der Waals surface area contributed by atoms with Crippen LogP contribution in [0.3, 0.4) is 0 Å². The van der Waals surface area contributed by atoms with Gasteiger partial charge < -0.3 is 4.74 Å². The van der Waals surface area contributed by atoms with Crippen molar-refractivity contribution in [2.45, 2.75) is 97.7 Å².